The van der Waals surface area contributed by atoms with Gasteiger partial charge in [0.2, 0.25) is 0 Å². The third-order valence-electron chi connectivity index (χ3n) is 6.63. The molecule has 0 fully saturated rings. The van der Waals surface area contributed by atoms with Gasteiger partial charge in [0, 0.05) is 29.8 Å². The van der Waals surface area contributed by atoms with Crippen LogP contribution in [-0.2, 0) is 13.1 Å². The van der Waals surface area contributed by atoms with E-state index < -0.39 is 0 Å². The summed E-state index contributed by atoms with van der Waals surface area (Å²) in [6.45, 7) is 8.14. The van der Waals surface area contributed by atoms with Gasteiger partial charge in [-0.15, -0.1) is 0 Å². The Balaban J connectivity index is 1.61. The minimum Gasteiger partial charge on any atom is -0.494 e. The Morgan fingerprint density at radius 1 is 1.14 bits per heavy atom. The van der Waals surface area contributed by atoms with Crippen molar-refractivity contribution in [2.75, 3.05) is 25.1 Å². The number of hydrogen-bond donors (Lipinski definition) is 1. The zero-order chi connectivity index (χ0) is 26.1. The van der Waals surface area contributed by atoms with Gasteiger partial charge in [0.15, 0.2) is 5.82 Å². The minimum absolute atomic E-state index is 0.205. The highest BCUT2D eigenvalue weighted by molar-refractivity contribution is 6.33. The van der Waals surface area contributed by atoms with Gasteiger partial charge in [-0.25, -0.2) is 14.4 Å². The predicted octanol–water partition coefficient (Wildman–Crippen LogP) is 6.02. The van der Waals surface area contributed by atoms with E-state index >= 15 is 0 Å². The van der Waals surface area contributed by atoms with Crippen LogP contribution in [0.1, 0.15) is 34.6 Å². The van der Waals surface area contributed by atoms with Crippen molar-refractivity contribution in [1.29, 1.82) is 0 Å². The maximum absolute atomic E-state index is 14.6. The second kappa shape index (κ2) is 10.5. The molecule has 5 rings (SSSR count). The molecule has 37 heavy (non-hydrogen) atoms. The van der Waals surface area contributed by atoms with Crippen molar-refractivity contribution in [3.05, 3.63) is 75.4 Å². The van der Waals surface area contributed by atoms with Gasteiger partial charge in [-0.1, -0.05) is 28.9 Å². The predicted molar refractivity (Wildman–Crippen MR) is 143 cm³/mol. The van der Waals surface area contributed by atoms with E-state index in [9.17, 15) is 4.39 Å². The van der Waals surface area contributed by atoms with Gasteiger partial charge >= 0.3 is 0 Å². The molecule has 0 aliphatic carbocycles. The van der Waals surface area contributed by atoms with E-state index in [1.165, 1.54) is 6.07 Å². The number of halogens is 2. The molecule has 0 radical (unpaired) electrons. The maximum Gasteiger partial charge on any atom is 0.163 e. The van der Waals surface area contributed by atoms with Crippen LogP contribution in [0.25, 0.3) is 22.6 Å². The summed E-state index contributed by atoms with van der Waals surface area (Å²) in [6.07, 6.45) is 0.877. The second-order valence-corrected chi connectivity index (χ2v) is 9.63. The zero-order valence-corrected chi connectivity index (χ0v) is 22.1. The normalized spacial score (nSPS) is 12.8. The molecular formula is C28H29ClFN5O2. The first-order chi connectivity index (χ1) is 17.9. The van der Waals surface area contributed by atoms with Crippen LogP contribution in [0.3, 0.4) is 0 Å². The SMILES string of the molecule is CNCCCOc1ccc(Cl)c(-c2nc(-c3c(C)noc3C)c(C)c(N3Cc4cccc(F)c4C3)n2)c1. The number of benzene rings is 2. The summed E-state index contributed by atoms with van der Waals surface area (Å²) < 4.78 is 26.0. The fourth-order valence-corrected chi connectivity index (χ4v) is 4.93. The Bertz CT molecular complexity index is 1440. The summed E-state index contributed by atoms with van der Waals surface area (Å²) in [4.78, 5) is 12.0. The summed E-state index contributed by atoms with van der Waals surface area (Å²) in [5.74, 6) is 2.32. The molecule has 0 unspecified atom stereocenters. The number of rotatable bonds is 8. The molecule has 2 aromatic heterocycles. The lowest BCUT2D eigenvalue weighted by Gasteiger charge is -2.22. The quantitative estimate of drug-likeness (QED) is 0.284. The molecule has 1 N–H and O–H groups in total. The number of fused-ring (bicyclic) bond motifs is 1. The number of nitrogens with one attached hydrogen (secondary N) is 1. The van der Waals surface area contributed by atoms with Crippen molar-refractivity contribution in [3.8, 4) is 28.4 Å². The van der Waals surface area contributed by atoms with Crippen LogP contribution in [0, 0.1) is 26.6 Å². The Morgan fingerprint density at radius 2 is 1.97 bits per heavy atom. The summed E-state index contributed by atoms with van der Waals surface area (Å²) in [5.41, 5.74) is 5.43. The number of aromatic nitrogens is 3. The molecule has 4 aromatic rings. The Labute approximate surface area is 220 Å². The molecule has 0 atom stereocenters. The van der Waals surface area contributed by atoms with E-state index in [1.807, 2.05) is 46.0 Å². The smallest absolute Gasteiger partial charge is 0.163 e. The lowest BCUT2D eigenvalue weighted by atomic mass is 10.0. The van der Waals surface area contributed by atoms with Gasteiger partial charge in [0.05, 0.1) is 28.6 Å². The fourth-order valence-electron chi connectivity index (χ4n) is 4.73. The number of ether oxygens (including phenoxy) is 1. The van der Waals surface area contributed by atoms with Gasteiger partial charge in [-0.2, -0.15) is 0 Å². The molecule has 0 amide bonds. The van der Waals surface area contributed by atoms with Crippen LogP contribution >= 0.6 is 11.6 Å². The zero-order valence-electron chi connectivity index (χ0n) is 21.4. The summed E-state index contributed by atoms with van der Waals surface area (Å²) >= 11 is 6.66. The number of nitrogens with zero attached hydrogens (tertiary/aromatic N) is 4. The maximum atomic E-state index is 14.6. The third-order valence-corrected chi connectivity index (χ3v) is 6.96. The summed E-state index contributed by atoms with van der Waals surface area (Å²) in [5, 5.41) is 7.77. The average Bonchev–Trinajstić information content (AvgIpc) is 3.47. The van der Waals surface area contributed by atoms with E-state index in [1.54, 1.807) is 12.1 Å². The molecule has 192 valence electrons. The van der Waals surface area contributed by atoms with E-state index in [0.717, 1.165) is 35.3 Å². The molecule has 3 heterocycles. The van der Waals surface area contributed by atoms with Gasteiger partial charge in [-0.3, -0.25) is 0 Å². The van der Waals surface area contributed by atoms with Crippen LogP contribution < -0.4 is 15.0 Å². The van der Waals surface area contributed by atoms with Crippen molar-refractivity contribution in [1.82, 2.24) is 20.4 Å². The summed E-state index contributed by atoms with van der Waals surface area (Å²) in [6, 6.07) is 10.7. The Hall–Kier alpha value is -3.49. The monoisotopic (exact) mass is 521 g/mol. The molecule has 0 saturated carbocycles. The second-order valence-electron chi connectivity index (χ2n) is 9.22. The first-order valence-corrected chi connectivity index (χ1v) is 12.7. The lowest BCUT2D eigenvalue weighted by molar-refractivity contribution is 0.310. The van der Waals surface area contributed by atoms with Crippen molar-refractivity contribution in [2.45, 2.75) is 40.3 Å². The molecule has 7 nitrogen and oxygen atoms in total. The van der Waals surface area contributed by atoms with Crippen LogP contribution in [0.15, 0.2) is 40.9 Å². The van der Waals surface area contributed by atoms with E-state index in [4.69, 9.17) is 30.8 Å². The lowest BCUT2D eigenvalue weighted by Crippen LogP contribution is -2.19. The van der Waals surface area contributed by atoms with Crippen LogP contribution in [0.2, 0.25) is 5.02 Å². The summed E-state index contributed by atoms with van der Waals surface area (Å²) in [7, 11) is 1.91. The topological polar surface area (TPSA) is 76.3 Å². The van der Waals surface area contributed by atoms with Crippen LogP contribution in [-0.4, -0.2) is 35.3 Å². The molecule has 1 aliphatic heterocycles. The molecule has 0 spiro atoms. The van der Waals surface area contributed by atoms with Crippen LogP contribution in [0.4, 0.5) is 10.2 Å². The van der Waals surface area contributed by atoms with E-state index in [2.05, 4.69) is 15.4 Å². The van der Waals surface area contributed by atoms with Crippen molar-refractivity contribution < 1.29 is 13.7 Å². The van der Waals surface area contributed by atoms with Crippen molar-refractivity contribution >= 4 is 17.4 Å². The average molecular weight is 522 g/mol. The Kier molecular flexibility index (Phi) is 7.13. The number of aryl methyl sites for hydroxylation is 2. The van der Waals surface area contributed by atoms with Crippen molar-refractivity contribution in [3.63, 3.8) is 0 Å². The largest absolute Gasteiger partial charge is 0.494 e. The number of hydrogen-bond acceptors (Lipinski definition) is 7. The van der Waals surface area contributed by atoms with Crippen LogP contribution in [0.5, 0.6) is 5.75 Å². The van der Waals surface area contributed by atoms with E-state index in [-0.39, 0.29) is 5.82 Å². The number of anilines is 1. The van der Waals surface area contributed by atoms with Gasteiger partial charge in [0.25, 0.3) is 0 Å². The van der Waals surface area contributed by atoms with E-state index in [0.29, 0.717) is 64.7 Å². The first kappa shape index (κ1) is 25.2. The third kappa shape index (κ3) is 4.91. The Morgan fingerprint density at radius 3 is 2.70 bits per heavy atom. The standard InChI is InChI=1S/C28H29ClFN5O2/c1-16-26(25-17(2)34-37-18(25)3)32-27(21-13-20(9-10-23(21)29)36-12-6-11-31-4)33-28(16)35-14-19-7-5-8-24(30)22(19)15-35/h5,7-10,13,31H,6,11-12,14-15H2,1-4H3. The highest BCUT2D eigenvalue weighted by atomic mass is 35.5. The molecule has 9 heteroatoms. The van der Waals surface area contributed by atoms with Gasteiger partial charge in [0.1, 0.15) is 23.1 Å². The molecule has 2 aromatic carbocycles. The molecule has 0 bridgehead atoms. The first-order valence-electron chi connectivity index (χ1n) is 12.3. The highest BCUT2D eigenvalue weighted by Crippen LogP contribution is 2.39. The fraction of sp³-hybridized carbons (Fsp3) is 0.321. The molecule has 1 aliphatic rings. The highest BCUT2D eigenvalue weighted by Gasteiger charge is 2.28. The van der Waals surface area contributed by atoms with Gasteiger partial charge < -0.3 is 19.5 Å². The van der Waals surface area contributed by atoms with Crippen molar-refractivity contribution in [2.24, 2.45) is 0 Å². The van der Waals surface area contributed by atoms with Gasteiger partial charge in [-0.05, 0) is 70.6 Å². The molecular weight excluding hydrogens is 493 g/mol. The molecule has 0 saturated heterocycles. The minimum atomic E-state index is -0.205.